The van der Waals surface area contributed by atoms with E-state index < -0.39 is 29.7 Å². The molecule has 34 heavy (non-hydrogen) atoms. The minimum absolute atomic E-state index is 0.0578. The summed E-state index contributed by atoms with van der Waals surface area (Å²) in [5.74, 6) is -2.48. The number of hydrogen-bond acceptors (Lipinski definition) is 6. The molecule has 2 aliphatic heterocycles. The van der Waals surface area contributed by atoms with E-state index in [0.29, 0.717) is 17.8 Å². The topological polar surface area (TPSA) is 125 Å². The molecule has 1 saturated heterocycles. The normalized spacial score (nSPS) is 17.1. The molecule has 5 amide bonds. The van der Waals surface area contributed by atoms with E-state index in [1.807, 2.05) is 0 Å². The average molecular weight is 458 g/mol. The van der Waals surface area contributed by atoms with Crippen LogP contribution in [-0.4, -0.2) is 53.6 Å². The lowest BCUT2D eigenvalue weighted by Gasteiger charge is -2.27. The molecule has 2 aromatic carbocycles. The van der Waals surface area contributed by atoms with Crippen LogP contribution >= 0.6 is 0 Å². The summed E-state index contributed by atoms with van der Waals surface area (Å²) in [5.41, 5.74) is 4.86. The fourth-order valence-electron chi connectivity index (χ4n) is 3.99. The van der Waals surface area contributed by atoms with E-state index >= 15 is 0 Å². The van der Waals surface area contributed by atoms with Crippen LogP contribution in [-0.2, 0) is 9.59 Å². The van der Waals surface area contributed by atoms with Crippen molar-refractivity contribution in [3.05, 3.63) is 77.0 Å². The van der Waals surface area contributed by atoms with Gasteiger partial charge in [0.15, 0.2) is 0 Å². The largest absolute Gasteiger partial charge is 0.383 e. The van der Waals surface area contributed by atoms with E-state index in [2.05, 4.69) is 28.3 Å². The zero-order chi connectivity index (χ0) is 24.2. The third-order valence-corrected chi connectivity index (χ3v) is 5.64. The molecule has 0 bridgehead atoms. The van der Waals surface area contributed by atoms with Gasteiger partial charge in [0.05, 0.1) is 11.1 Å². The number of rotatable bonds is 7. The molecule has 3 N–H and O–H groups in total. The predicted octanol–water partition coefficient (Wildman–Crippen LogP) is 1.73. The SMILES string of the molecule is C=C=Cc1ccc(C(=O)NCCNc2cccc3c2C(=O)N(C2CCC(=O)NC2=O)C3=O)cc1. The second-order valence-corrected chi connectivity index (χ2v) is 7.83. The van der Waals surface area contributed by atoms with E-state index in [1.165, 1.54) is 6.07 Å². The van der Waals surface area contributed by atoms with E-state index in [4.69, 9.17) is 0 Å². The molecule has 9 nitrogen and oxygen atoms in total. The Morgan fingerprint density at radius 1 is 1.09 bits per heavy atom. The van der Waals surface area contributed by atoms with Gasteiger partial charge in [0.2, 0.25) is 11.8 Å². The number of nitrogens with zero attached hydrogens (tertiary/aromatic N) is 1. The van der Waals surface area contributed by atoms with Crippen LogP contribution in [0.3, 0.4) is 0 Å². The molecule has 1 atom stereocenters. The van der Waals surface area contributed by atoms with Crippen LogP contribution in [0.15, 0.2) is 54.8 Å². The summed E-state index contributed by atoms with van der Waals surface area (Å²) in [6.07, 6.45) is 1.86. The number of hydrogen-bond donors (Lipinski definition) is 3. The number of carbonyl (C=O) groups is 5. The first kappa shape index (κ1) is 22.7. The summed E-state index contributed by atoms with van der Waals surface area (Å²) >= 11 is 0. The van der Waals surface area contributed by atoms with E-state index in [1.54, 1.807) is 42.5 Å². The first-order valence-corrected chi connectivity index (χ1v) is 10.7. The van der Waals surface area contributed by atoms with Crippen molar-refractivity contribution in [1.82, 2.24) is 15.5 Å². The molecule has 2 heterocycles. The lowest BCUT2D eigenvalue weighted by Crippen LogP contribution is -2.54. The van der Waals surface area contributed by atoms with Gasteiger partial charge < -0.3 is 10.6 Å². The Morgan fingerprint density at radius 2 is 1.85 bits per heavy atom. The van der Waals surface area contributed by atoms with Gasteiger partial charge in [-0.25, -0.2) is 0 Å². The minimum Gasteiger partial charge on any atom is -0.383 e. The molecule has 4 rings (SSSR count). The zero-order valence-corrected chi connectivity index (χ0v) is 18.2. The van der Waals surface area contributed by atoms with E-state index in [-0.39, 0.29) is 36.4 Å². The molecule has 0 radical (unpaired) electrons. The number of nitrogens with one attached hydrogen (secondary N) is 3. The summed E-state index contributed by atoms with van der Waals surface area (Å²) in [4.78, 5) is 62.9. The van der Waals surface area contributed by atoms with Crippen LogP contribution in [0.1, 0.15) is 49.5 Å². The maximum absolute atomic E-state index is 13.1. The van der Waals surface area contributed by atoms with Gasteiger partial charge in [0.25, 0.3) is 17.7 Å². The van der Waals surface area contributed by atoms with Crippen LogP contribution in [0.2, 0.25) is 0 Å². The monoisotopic (exact) mass is 458 g/mol. The molecule has 0 spiro atoms. The van der Waals surface area contributed by atoms with Crippen molar-refractivity contribution in [1.29, 1.82) is 0 Å². The standard InChI is InChI=1S/C25H22N4O5/c1-2-4-15-7-9-16(10-8-15)22(31)27-14-13-26-18-6-3-5-17-21(18)25(34)29(24(17)33)19-11-12-20(30)28-23(19)32/h3-10,19,26H,1,11-14H2,(H,27,31)(H,28,30,32). The zero-order valence-electron chi connectivity index (χ0n) is 18.2. The fourth-order valence-corrected chi connectivity index (χ4v) is 3.99. The van der Waals surface area contributed by atoms with Gasteiger partial charge in [-0.05, 0) is 42.3 Å². The Morgan fingerprint density at radius 3 is 2.56 bits per heavy atom. The maximum Gasteiger partial charge on any atom is 0.264 e. The molecule has 9 heteroatoms. The van der Waals surface area contributed by atoms with Crippen molar-refractivity contribution in [2.75, 3.05) is 18.4 Å². The molecule has 0 aliphatic carbocycles. The second kappa shape index (κ2) is 9.56. The number of fused-ring (bicyclic) bond motifs is 1. The first-order valence-electron chi connectivity index (χ1n) is 10.7. The number of amides is 5. The summed E-state index contributed by atoms with van der Waals surface area (Å²) in [6.45, 7) is 4.09. The average Bonchev–Trinajstić information content (AvgIpc) is 3.08. The van der Waals surface area contributed by atoms with Gasteiger partial charge in [0, 0.05) is 30.8 Å². The molecule has 1 unspecified atom stereocenters. The smallest absolute Gasteiger partial charge is 0.264 e. The van der Waals surface area contributed by atoms with E-state index in [9.17, 15) is 24.0 Å². The van der Waals surface area contributed by atoms with Crippen LogP contribution in [0, 0.1) is 0 Å². The highest BCUT2D eigenvalue weighted by atomic mass is 16.2. The summed E-state index contributed by atoms with van der Waals surface area (Å²) in [6, 6.07) is 10.8. The second-order valence-electron chi connectivity index (χ2n) is 7.83. The number of piperidine rings is 1. The van der Waals surface area contributed by atoms with Gasteiger partial charge >= 0.3 is 0 Å². The van der Waals surface area contributed by atoms with Crippen molar-refractivity contribution >= 4 is 41.3 Å². The number of carbonyl (C=O) groups excluding carboxylic acids is 5. The Kier molecular flexibility index (Phi) is 6.38. The fraction of sp³-hybridized carbons (Fsp3) is 0.200. The predicted molar refractivity (Wildman–Crippen MR) is 124 cm³/mol. The Labute approximate surface area is 195 Å². The molecule has 1 fully saturated rings. The van der Waals surface area contributed by atoms with Crippen LogP contribution in [0.25, 0.3) is 6.08 Å². The van der Waals surface area contributed by atoms with Crippen LogP contribution in [0.4, 0.5) is 5.69 Å². The number of anilines is 1. The van der Waals surface area contributed by atoms with Crippen LogP contribution < -0.4 is 16.0 Å². The maximum atomic E-state index is 13.1. The van der Waals surface area contributed by atoms with Crippen molar-refractivity contribution in [2.24, 2.45) is 0 Å². The quantitative estimate of drug-likeness (QED) is 0.330. The summed E-state index contributed by atoms with van der Waals surface area (Å²) in [7, 11) is 0. The third-order valence-electron chi connectivity index (χ3n) is 5.64. The Bertz CT molecular complexity index is 1240. The Hall–Kier alpha value is -4.49. The number of benzene rings is 2. The summed E-state index contributed by atoms with van der Waals surface area (Å²) < 4.78 is 0. The van der Waals surface area contributed by atoms with Crippen molar-refractivity contribution in [3.8, 4) is 0 Å². The molecule has 2 aromatic rings. The van der Waals surface area contributed by atoms with Gasteiger partial charge in [-0.1, -0.05) is 24.8 Å². The number of imide groups is 2. The molecule has 0 saturated carbocycles. The molecule has 172 valence electrons. The van der Waals surface area contributed by atoms with E-state index in [0.717, 1.165) is 10.5 Å². The lowest BCUT2D eigenvalue weighted by molar-refractivity contribution is -0.136. The molecule has 2 aliphatic rings. The highest BCUT2D eigenvalue weighted by Gasteiger charge is 2.45. The van der Waals surface area contributed by atoms with Gasteiger partial charge in [-0.2, -0.15) is 0 Å². The van der Waals surface area contributed by atoms with Crippen LogP contribution in [0.5, 0.6) is 0 Å². The highest BCUT2D eigenvalue weighted by molar-refractivity contribution is 6.25. The van der Waals surface area contributed by atoms with Gasteiger partial charge in [-0.3, -0.25) is 34.2 Å². The summed E-state index contributed by atoms with van der Waals surface area (Å²) in [5, 5.41) is 8.05. The van der Waals surface area contributed by atoms with Crippen molar-refractivity contribution in [3.63, 3.8) is 0 Å². The van der Waals surface area contributed by atoms with Gasteiger partial charge in [-0.15, -0.1) is 5.73 Å². The van der Waals surface area contributed by atoms with Crippen molar-refractivity contribution in [2.45, 2.75) is 18.9 Å². The minimum atomic E-state index is -1.02. The Balaban J connectivity index is 1.39. The van der Waals surface area contributed by atoms with Gasteiger partial charge in [0.1, 0.15) is 6.04 Å². The van der Waals surface area contributed by atoms with Crippen molar-refractivity contribution < 1.29 is 24.0 Å². The lowest BCUT2D eigenvalue weighted by atomic mass is 10.0. The molecular weight excluding hydrogens is 436 g/mol. The third kappa shape index (κ3) is 4.37. The molecular formula is C25H22N4O5. The highest BCUT2D eigenvalue weighted by Crippen LogP contribution is 2.32. The molecule has 0 aromatic heterocycles. The first-order chi connectivity index (χ1) is 16.4.